The molecule has 1 rings (SSSR count). The summed E-state index contributed by atoms with van der Waals surface area (Å²) in [7, 11) is 0. The molecule has 0 aliphatic rings. The van der Waals surface area contributed by atoms with Gasteiger partial charge in [-0.25, -0.2) is 0 Å². The molecular formula is C6H10N2O. The molecule has 0 saturated carbocycles. The lowest BCUT2D eigenvalue weighted by Gasteiger charge is -1.94. The fourth-order valence-corrected chi connectivity index (χ4v) is 0.745. The summed E-state index contributed by atoms with van der Waals surface area (Å²) in [6.07, 6.45) is 2.80. The third kappa shape index (κ3) is 1.45. The van der Waals surface area contributed by atoms with Gasteiger partial charge in [-0.15, -0.1) is 0 Å². The van der Waals surface area contributed by atoms with E-state index < -0.39 is 0 Å². The first-order chi connectivity index (χ1) is 4.33. The van der Waals surface area contributed by atoms with Gasteiger partial charge in [0.15, 0.2) is 0 Å². The highest BCUT2D eigenvalue weighted by molar-refractivity contribution is 4.79. The maximum atomic E-state index is 10.5. The van der Waals surface area contributed by atoms with Gasteiger partial charge in [0.1, 0.15) is 0 Å². The summed E-state index contributed by atoms with van der Waals surface area (Å²) in [4.78, 5) is 10.5. The largest absolute Gasteiger partial charge is 0.292 e. The molecule has 0 fully saturated rings. The van der Waals surface area contributed by atoms with Crippen molar-refractivity contribution in [1.29, 1.82) is 0 Å². The Hall–Kier alpha value is -0.990. The van der Waals surface area contributed by atoms with Crippen molar-refractivity contribution in [3.8, 4) is 0 Å². The summed E-state index contributed by atoms with van der Waals surface area (Å²) in [5.74, 6) is 0. The Balaban J connectivity index is 2.73. The Morgan fingerprint density at radius 3 is 3.00 bits per heavy atom. The van der Waals surface area contributed by atoms with Gasteiger partial charge in [0, 0.05) is 18.8 Å². The summed E-state index contributed by atoms with van der Waals surface area (Å²) in [5, 5.41) is 2.64. The summed E-state index contributed by atoms with van der Waals surface area (Å²) in [6, 6.07) is 1.52. The zero-order chi connectivity index (χ0) is 6.69. The number of aromatic nitrogens is 2. The van der Waals surface area contributed by atoms with E-state index in [0.29, 0.717) is 0 Å². The van der Waals surface area contributed by atoms with Crippen molar-refractivity contribution in [2.45, 2.75) is 19.9 Å². The Labute approximate surface area is 53.3 Å². The van der Waals surface area contributed by atoms with Crippen molar-refractivity contribution in [3.05, 3.63) is 22.6 Å². The lowest BCUT2D eigenvalue weighted by molar-refractivity contribution is 0.598. The number of hydrogen-bond acceptors (Lipinski definition) is 1. The molecule has 3 nitrogen and oxygen atoms in total. The van der Waals surface area contributed by atoms with E-state index in [1.54, 1.807) is 10.9 Å². The van der Waals surface area contributed by atoms with Crippen LogP contribution in [0.15, 0.2) is 17.1 Å². The summed E-state index contributed by atoms with van der Waals surface area (Å²) >= 11 is 0. The van der Waals surface area contributed by atoms with E-state index in [1.807, 2.05) is 0 Å². The molecule has 0 unspecified atom stereocenters. The van der Waals surface area contributed by atoms with E-state index in [9.17, 15) is 4.79 Å². The summed E-state index contributed by atoms with van der Waals surface area (Å²) in [6.45, 7) is 2.96. The van der Waals surface area contributed by atoms with E-state index in [0.717, 1.165) is 13.0 Å². The van der Waals surface area contributed by atoms with Gasteiger partial charge in [0.2, 0.25) is 0 Å². The molecule has 1 aromatic heterocycles. The number of H-pyrrole nitrogens is 1. The fraction of sp³-hybridized carbons (Fsp3) is 0.500. The molecule has 1 heterocycles. The van der Waals surface area contributed by atoms with Crippen molar-refractivity contribution in [2.75, 3.05) is 0 Å². The minimum Gasteiger partial charge on any atom is -0.292 e. The van der Waals surface area contributed by atoms with Crippen LogP contribution in [0, 0.1) is 0 Å². The summed E-state index contributed by atoms with van der Waals surface area (Å²) in [5.41, 5.74) is -0.0246. The Morgan fingerprint density at radius 2 is 2.56 bits per heavy atom. The zero-order valence-electron chi connectivity index (χ0n) is 5.42. The molecule has 0 bridgehead atoms. The fourth-order valence-electron chi connectivity index (χ4n) is 0.745. The highest BCUT2D eigenvalue weighted by Crippen LogP contribution is 1.82. The summed E-state index contributed by atoms with van der Waals surface area (Å²) < 4.78 is 1.78. The molecule has 1 aromatic rings. The van der Waals surface area contributed by atoms with E-state index in [2.05, 4.69) is 12.0 Å². The van der Waals surface area contributed by atoms with E-state index in [1.165, 1.54) is 6.07 Å². The third-order valence-corrected chi connectivity index (χ3v) is 1.12. The van der Waals surface area contributed by atoms with E-state index in [4.69, 9.17) is 0 Å². The Kier molecular flexibility index (Phi) is 1.72. The normalized spacial score (nSPS) is 9.89. The minimum absolute atomic E-state index is 0.0246. The lowest BCUT2D eigenvalue weighted by Crippen LogP contribution is -2.04. The van der Waals surface area contributed by atoms with Crippen LogP contribution in [0.1, 0.15) is 13.3 Å². The quantitative estimate of drug-likeness (QED) is 0.618. The maximum Gasteiger partial charge on any atom is 0.264 e. The van der Waals surface area contributed by atoms with Gasteiger partial charge in [-0.3, -0.25) is 14.6 Å². The van der Waals surface area contributed by atoms with E-state index in [-0.39, 0.29) is 5.56 Å². The lowest BCUT2D eigenvalue weighted by atomic mass is 10.5. The van der Waals surface area contributed by atoms with Gasteiger partial charge < -0.3 is 0 Å². The molecule has 0 aliphatic heterocycles. The van der Waals surface area contributed by atoms with Crippen LogP contribution in [0.25, 0.3) is 0 Å². The molecule has 9 heavy (non-hydrogen) atoms. The van der Waals surface area contributed by atoms with E-state index >= 15 is 0 Å². The van der Waals surface area contributed by atoms with Crippen molar-refractivity contribution in [2.24, 2.45) is 0 Å². The Morgan fingerprint density at radius 1 is 1.78 bits per heavy atom. The second-order valence-corrected chi connectivity index (χ2v) is 1.99. The molecule has 3 heteroatoms. The third-order valence-electron chi connectivity index (χ3n) is 1.12. The molecule has 1 N–H and O–H groups in total. The SMILES string of the molecule is CCCn1ccc(=O)[nH]1. The number of rotatable bonds is 2. The first-order valence-electron chi connectivity index (χ1n) is 3.08. The van der Waals surface area contributed by atoms with Gasteiger partial charge in [0.25, 0.3) is 5.56 Å². The first-order valence-corrected chi connectivity index (χ1v) is 3.08. The van der Waals surface area contributed by atoms with Gasteiger partial charge in [-0.2, -0.15) is 0 Å². The average molecular weight is 126 g/mol. The molecule has 0 radical (unpaired) electrons. The van der Waals surface area contributed by atoms with Gasteiger partial charge in [-0.1, -0.05) is 6.92 Å². The van der Waals surface area contributed by atoms with Crippen LogP contribution in [0.5, 0.6) is 0 Å². The molecule has 50 valence electrons. The molecule has 0 atom stereocenters. The van der Waals surface area contributed by atoms with Crippen LogP contribution >= 0.6 is 0 Å². The van der Waals surface area contributed by atoms with Crippen LogP contribution in [0.2, 0.25) is 0 Å². The molecule has 0 aromatic carbocycles. The standard InChI is InChI=1S/C6H10N2O/c1-2-4-8-5-3-6(9)7-8/h3,5H,2,4H2,1H3,(H,7,9). The topological polar surface area (TPSA) is 37.8 Å². The van der Waals surface area contributed by atoms with Gasteiger partial charge in [0.05, 0.1) is 0 Å². The second kappa shape index (κ2) is 2.53. The predicted molar refractivity (Wildman–Crippen MR) is 35.3 cm³/mol. The van der Waals surface area contributed by atoms with Crippen LogP contribution in [0.3, 0.4) is 0 Å². The average Bonchev–Trinajstić information content (AvgIpc) is 2.17. The highest BCUT2D eigenvalue weighted by Gasteiger charge is 1.86. The second-order valence-electron chi connectivity index (χ2n) is 1.99. The predicted octanol–water partition coefficient (Wildman–Crippen LogP) is 0.586. The first kappa shape index (κ1) is 6.13. The number of nitrogens with one attached hydrogen (secondary N) is 1. The van der Waals surface area contributed by atoms with Crippen molar-refractivity contribution in [3.63, 3.8) is 0 Å². The van der Waals surface area contributed by atoms with Gasteiger partial charge in [-0.05, 0) is 6.42 Å². The molecule has 0 amide bonds. The minimum atomic E-state index is -0.0246. The van der Waals surface area contributed by atoms with Crippen molar-refractivity contribution >= 4 is 0 Å². The zero-order valence-corrected chi connectivity index (χ0v) is 5.42. The van der Waals surface area contributed by atoms with Gasteiger partial charge >= 0.3 is 0 Å². The van der Waals surface area contributed by atoms with Crippen molar-refractivity contribution < 1.29 is 0 Å². The number of nitrogens with zero attached hydrogens (tertiary/aromatic N) is 1. The van der Waals surface area contributed by atoms with Crippen LogP contribution < -0.4 is 5.56 Å². The van der Waals surface area contributed by atoms with Crippen LogP contribution in [-0.4, -0.2) is 9.78 Å². The molecule has 0 saturated heterocycles. The Bertz CT molecular complexity index is 223. The van der Waals surface area contributed by atoms with Crippen molar-refractivity contribution in [1.82, 2.24) is 9.78 Å². The highest BCUT2D eigenvalue weighted by atomic mass is 16.1. The molecule has 0 spiro atoms. The van der Waals surface area contributed by atoms with Crippen LogP contribution in [0.4, 0.5) is 0 Å². The number of hydrogen-bond donors (Lipinski definition) is 1. The molecule has 0 aliphatic carbocycles. The molecular weight excluding hydrogens is 116 g/mol. The smallest absolute Gasteiger partial charge is 0.264 e. The maximum absolute atomic E-state index is 10.5. The number of aryl methyl sites for hydroxylation is 1. The van der Waals surface area contributed by atoms with Crippen LogP contribution in [-0.2, 0) is 6.54 Å². The number of aromatic amines is 1. The monoisotopic (exact) mass is 126 g/mol.